The number of aromatic nitrogens is 2. The van der Waals surface area contributed by atoms with Crippen LogP contribution < -0.4 is 5.56 Å². The Morgan fingerprint density at radius 3 is 2.87 bits per heavy atom. The van der Waals surface area contributed by atoms with Gasteiger partial charge in [-0.2, -0.15) is 5.26 Å². The van der Waals surface area contributed by atoms with Crippen molar-refractivity contribution in [1.82, 2.24) is 9.55 Å². The number of nitrogens with zero attached hydrogens (tertiary/aromatic N) is 3. The zero-order chi connectivity index (χ0) is 10.8. The van der Waals surface area contributed by atoms with Gasteiger partial charge < -0.3 is 0 Å². The fourth-order valence-corrected chi connectivity index (χ4v) is 1.55. The van der Waals surface area contributed by atoms with Crippen molar-refractivity contribution in [3.05, 3.63) is 40.4 Å². The first-order chi connectivity index (χ1) is 7.27. The van der Waals surface area contributed by atoms with Crippen molar-refractivity contribution in [2.75, 3.05) is 0 Å². The highest BCUT2D eigenvalue weighted by Crippen LogP contribution is 2.06. The average Bonchev–Trinajstić information content (AvgIpc) is 2.29. The molecule has 15 heavy (non-hydrogen) atoms. The smallest absolute Gasteiger partial charge is 0.262 e. The molecule has 0 amide bonds. The zero-order valence-electron chi connectivity index (χ0n) is 8.27. The Balaban J connectivity index is 2.96. The van der Waals surface area contributed by atoms with Crippen molar-refractivity contribution < 1.29 is 0 Å². The lowest BCUT2D eigenvalue weighted by molar-refractivity contribution is 0.704. The molecule has 4 nitrogen and oxygen atoms in total. The summed E-state index contributed by atoms with van der Waals surface area (Å²) in [5.74, 6) is 0.168. The van der Waals surface area contributed by atoms with E-state index in [1.165, 1.54) is 4.57 Å². The van der Waals surface area contributed by atoms with E-state index in [2.05, 4.69) is 4.98 Å². The van der Waals surface area contributed by atoms with Crippen LogP contribution in [-0.2, 0) is 6.54 Å². The minimum atomic E-state index is -0.153. The Bertz CT molecular complexity index is 607. The number of hydrogen-bond acceptors (Lipinski definition) is 3. The molecule has 0 N–H and O–H groups in total. The molecule has 0 radical (unpaired) electrons. The van der Waals surface area contributed by atoms with Crippen LogP contribution in [0, 0.1) is 11.3 Å². The van der Waals surface area contributed by atoms with Crippen LogP contribution in [-0.4, -0.2) is 9.55 Å². The van der Waals surface area contributed by atoms with E-state index in [9.17, 15) is 4.79 Å². The fourth-order valence-electron chi connectivity index (χ4n) is 1.55. The summed E-state index contributed by atoms with van der Waals surface area (Å²) >= 11 is 0. The normalized spacial score (nSPS) is 10.1. The molecule has 4 heteroatoms. The van der Waals surface area contributed by atoms with Crippen LogP contribution in [0.3, 0.4) is 0 Å². The molecule has 0 bridgehead atoms. The maximum atomic E-state index is 11.9. The maximum Gasteiger partial charge on any atom is 0.262 e. The number of benzene rings is 1. The third kappa shape index (κ3) is 1.38. The third-order valence-electron chi connectivity index (χ3n) is 2.28. The molecule has 0 atom stereocenters. The van der Waals surface area contributed by atoms with Gasteiger partial charge in [-0.3, -0.25) is 9.36 Å². The first-order valence-electron chi connectivity index (χ1n) is 4.67. The minimum absolute atomic E-state index is 0.153. The van der Waals surface area contributed by atoms with Crippen molar-refractivity contribution in [3.8, 4) is 6.07 Å². The number of nitriles is 1. The standard InChI is InChI=1S/C11H9N3O/c1-2-14-10(7-12)13-9-6-4-3-5-8(9)11(14)15/h3-6H,2H2,1H3. The fraction of sp³-hybridized carbons (Fsp3) is 0.182. The van der Waals surface area contributed by atoms with E-state index in [0.717, 1.165) is 0 Å². The van der Waals surface area contributed by atoms with E-state index in [1.807, 2.05) is 13.0 Å². The Labute approximate surface area is 86.4 Å². The molecule has 0 unspecified atom stereocenters. The van der Waals surface area contributed by atoms with E-state index < -0.39 is 0 Å². The maximum absolute atomic E-state index is 11.9. The van der Waals surface area contributed by atoms with E-state index in [4.69, 9.17) is 5.26 Å². The first kappa shape index (κ1) is 9.41. The summed E-state index contributed by atoms with van der Waals surface area (Å²) in [5, 5.41) is 9.42. The van der Waals surface area contributed by atoms with E-state index in [-0.39, 0.29) is 11.4 Å². The molecule has 1 heterocycles. The van der Waals surface area contributed by atoms with Gasteiger partial charge in [-0.15, -0.1) is 0 Å². The second kappa shape index (κ2) is 3.54. The van der Waals surface area contributed by atoms with Gasteiger partial charge in [-0.1, -0.05) is 12.1 Å². The van der Waals surface area contributed by atoms with Gasteiger partial charge in [0.1, 0.15) is 6.07 Å². The quantitative estimate of drug-likeness (QED) is 0.695. The van der Waals surface area contributed by atoms with Crippen LogP contribution in [0.5, 0.6) is 0 Å². The molecular weight excluding hydrogens is 190 g/mol. The first-order valence-corrected chi connectivity index (χ1v) is 4.67. The lowest BCUT2D eigenvalue weighted by atomic mass is 10.2. The molecule has 1 aromatic heterocycles. The van der Waals surface area contributed by atoms with Crippen LogP contribution >= 0.6 is 0 Å². The monoisotopic (exact) mass is 199 g/mol. The molecular formula is C11H9N3O. The molecule has 0 aliphatic carbocycles. The lowest BCUT2D eigenvalue weighted by Crippen LogP contribution is -2.23. The Morgan fingerprint density at radius 1 is 1.47 bits per heavy atom. The molecule has 0 saturated heterocycles. The third-order valence-corrected chi connectivity index (χ3v) is 2.28. The number of para-hydroxylation sites is 1. The van der Waals surface area contributed by atoms with Crippen LogP contribution in [0.15, 0.2) is 29.1 Å². The van der Waals surface area contributed by atoms with Gasteiger partial charge in [0.15, 0.2) is 0 Å². The molecule has 0 aliphatic heterocycles. The zero-order valence-corrected chi connectivity index (χ0v) is 8.27. The topological polar surface area (TPSA) is 58.7 Å². The van der Waals surface area contributed by atoms with E-state index in [1.54, 1.807) is 24.3 Å². The second-order valence-electron chi connectivity index (χ2n) is 3.11. The summed E-state index contributed by atoms with van der Waals surface area (Å²) in [6, 6.07) is 8.97. The Morgan fingerprint density at radius 2 is 2.20 bits per heavy atom. The summed E-state index contributed by atoms with van der Waals surface area (Å²) in [7, 11) is 0. The van der Waals surface area contributed by atoms with Crippen LogP contribution in [0.25, 0.3) is 10.9 Å². The Kier molecular flexibility index (Phi) is 2.22. The summed E-state index contributed by atoms with van der Waals surface area (Å²) in [6.07, 6.45) is 0. The minimum Gasteiger partial charge on any atom is -0.284 e. The van der Waals surface area contributed by atoms with E-state index in [0.29, 0.717) is 17.4 Å². The molecule has 2 rings (SSSR count). The van der Waals surface area contributed by atoms with Gasteiger partial charge in [0, 0.05) is 6.54 Å². The molecule has 1 aromatic carbocycles. The molecule has 0 aliphatic rings. The van der Waals surface area contributed by atoms with Gasteiger partial charge >= 0.3 is 0 Å². The highest BCUT2D eigenvalue weighted by atomic mass is 16.1. The highest BCUT2D eigenvalue weighted by Gasteiger charge is 2.07. The van der Waals surface area contributed by atoms with Crippen LogP contribution in [0.4, 0.5) is 0 Å². The molecule has 0 saturated carbocycles. The summed E-state index contributed by atoms with van der Waals surface area (Å²) in [4.78, 5) is 16.0. The van der Waals surface area contributed by atoms with Crippen molar-refractivity contribution >= 4 is 10.9 Å². The average molecular weight is 199 g/mol. The van der Waals surface area contributed by atoms with Gasteiger partial charge in [0.25, 0.3) is 5.56 Å². The van der Waals surface area contributed by atoms with Crippen LogP contribution in [0.1, 0.15) is 12.7 Å². The highest BCUT2D eigenvalue weighted by molar-refractivity contribution is 5.77. The Hall–Kier alpha value is -2.15. The van der Waals surface area contributed by atoms with Gasteiger partial charge in [-0.25, -0.2) is 4.98 Å². The summed E-state index contributed by atoms with van der Waals surface area (Å²) in [5.41, 5.74) is 0.420. The van der Waals surface area contributed by atoms with Crippen molar-refractivity contribution in [2.45, 2.75) is 13.5 Å². The van der Waals surface area contributed by atoms with Gasteiger partial charge in [0.2, 0.25) is 5.82 Å². The number of hydrogen-bond donors (Lipinski definition) is 0. The SMILES string of the molecule is CCn1c(C#N)nc2ccccc2c1=O. The predicted molar refractivity (Wildman–Crippen MR) is 56.4 cm³/mol. The number of rotatable bonds is 1. The van der Waals surface area contributed by atoms with Crippen molar-refractivity contribution in [3.63, 3.8) is 0 Å². The van der Waals surface area contributed by atoms with Crippen molar-refractivity contribution in [1.29, 1.82) is 5.26 Å². The van der Waals surface area contributed by atoms with Gasteiger partial charge in [-0.05, 0) is 19.1 Å². The summed E-state index contributed by atoms with van der Waals surface area (Å²) in [6.45, 7) is 2.28. The second-order valence-corrected chi connectivity index (χ2v) is 3.11. The molecule has 74 valence electrons. The summed E-state index contributed by atoms with van der Waals surface area (Å²) < 4.78 is 1.38. The van der Waals surface area contributed by atoms with E-state index >= 15 is 0 Å². The number of fused-ring (bicyclic) bond motifs is 1. The predicted octanol–water partition coefficient (Wildman–Crippen LogP) is 1.29. The molecule has 2 aromatic rings. The largest absolute Gasteiger partial charge is 0.284 e. The molecule has 0 spiro atoms. The van der Waals surface area contributed by atoms with Crippen LogP contribution in [0.2, 0.25) is 0 Å². The van der Waals surface area contributed by atoms with Crippen molar-refractivity contribution in [2.24, 2.45) is 0 Å². The van der Waals surface area contributed by atoms with Gasteiger partial charge in [0.05, 0.1) is 10.9 Å². The lowest BCUT2D eigenvalue weighted by Gasteiger charge is -2.05. The molecule has 0 fully saturated rings.